The molecule has 1 rings (SSSR count). The van der Waals surface area contributed by atoms with E-state index in [4.69, 9.17) is 0 Å². The molecule has 0 saturated carbocycles. The first-order valence-electron chi connectivity index (χ1n) is 3.29. The Hall–Kier alpha value is -0.900. The molecule has 1 aromatic rings. The molecular weight excluding hydrogens is 160 g/mol. The molecule has 1 heterocycles. The van der Waals surface area contributed by atoms with Gasteiger partial charge in [0.15, 0.2) is 0 Å². The van der Waals surface area contributed by atoms with Gasteiger partial charge in [-0.05, 0) is 6.92 Å². The molecule has 0 aromatic carbocycles. The Labute approximate surface area is 69.7 Å². The van der Waals surface area contributed by atoms with Gasteiger partial charge in [-0.3, -0.25) is 4.79 Å². The van der Waals surface area contributed by atoms with Gasteiger partial charge in [0, 0.05) is 18.1 Å². The minimum absolute atomic E-state index is 0.662. The van der Waals surface area contributed by atoms with Crippen molar-refractivity contribution in [3.63, 3.8) is 0 Å². The third kappa shape index (κ3) is 2.31. The summed E-state index contributed by atoms with van der Waals surface area (Å²) >= 11 is 1.62. The van der Waals surface area contributed by atoms with Crippen molar-refractivity contribution < 1.29 is 4.79 Å². The molecule has 4 heteroatoms. The Bertz CT molecular complexity index is 246. The summed E-state index contributed by atoms with van der Waals surface area (Å²) in [5.74, 6) is 0. The van der Waals surface area contributed by atoms with Crippen molar-refractivity contribution in [2.45, 2.75) is 13.5 Å². The van der Waals surface area contributed by atoms with Gasteiger partial charge in [-0.1, -0.05) is 0 Å². The number of carbonyl (C=O) groups is 1. The summed E-state index contributed by atoms with van der Waals surface area (Å²) < 4.78 is 0. The van der Waals surface area contributed by atoms with E-state index in [1.807, 2.05) is 6.92 Å². The van der Waals surface area contributed by atoms with E-state index in [9.17, 15) is 4.79 Å². The number of hydrogen-bond acceptors (Lipinski definition) is 3. The first-order chi connectivity index (χ1) is 5.22. The highest BCUT2D eigenvalue weighted by Gasteiger charge is 1.99. The first kappa shape index (κ1) is 8.20. The second-order valence-corrected chi connectivity index (χ2v) is 3.69. The molecule has 1 aromatic heterocycles. The molecule has 0 radical (unpaired) electrons. The Kier molecular flexibility index (Phi) is 2.59. The molecule has 0 atom stereocenters. The fourth-order valence-corrected chi connectivity index (χ4v) is 1.62. The predicted molar refractivity (Wildman–Crippen MR) is 44.4 cm³/mol. The molecule has 0 saturated heterocycles. The van der Waals surface area contributed by atoms with Crippen LogP contribution in [0.2, 0.25) is 0 Å². The molecule has 60 valence electrons. The van der Waals surface area contributed by atoms with Crippen LogP contribution in [0.4, 0.5) is 0 Å². The number of rotatable bonds is 3. The summed E-state index contributed by atoms with van der Waals surface area (Å²) in [7, 11) is 1.75. The second kappa shape index (κ2) is 3.48. The molecule has 0 aliphatic carbocycles. The van der Waals surface area contributed by atoms with E-state index >= 15 is 0 Å². The topological polar surface area (TPSA) is 33.2 Å². The van der Waals surface area contributed by atoms with E-state index in [0.717, 1.165) is 16.3 Å². The van der Waals surface area contributed by atoms with Crippen LogP contribution in [0.1, 0.15) is 9.88 Å². The van der Waals surface area contributed by atoms with E-state index < -0.39 is 0 Å². The molecule has 11 heavy (non-hydrogen) atoms. The largest absolute Gasteiger partial charge is 0.343 e. The monoisotopic (exact) mass is 170 g/mol. The van der Waals surface area contributed by atoms with Gasteiger partial charge in [-0.2, -0.15) is 0 Å². The maximum atomic E-state index is 10.2. The summed E-state index contributed by atoms with van der Waals surface area (Å²) in [6.45, 7) is 2.62. The van der Waals surface area contributed by atoms with E-state index in [0.29, 0.717) is 6.54 Å². The van der Waals surface area contributed by atoms with Crippen molar-refractivity contribution in [3.05, 3.63) is 16.1 Å². The summed E-state index contributed by atoms with van der Waals surface area (Å²) in [5, 5.41) is 1.04. The zero-order valence-electron chi connectivity index (χ0n) is 6.57. The number of aryl methyl sites for hydroxylation is 1. The molecule has 0 bridgehead atoms. The van der Waals surface area contributed by atoms with Crippen LogP contribution in [0.25, 0.3) is 0 Å². The van der Waals surface area contributed by atoms with Crippen molar-refractivity contribution >= 4 is 17.7 Å². The molecule has 3 nitrogen and oxygen atoms in total. The quantitative estimate of drug-likeness (QED) is 0.635. The fourth-order valence-electron chi connectivity index (χ4n) is 0.762. The zero-order valence-corrected chi connectivity index (χ0v) is 7.39. The standard InChI is InChI=1S/C7H10N2OS/c1-6-8-3-7(11-6)4-9(2)5-10/h3,5H,4H2,1-2H3. The Morgan fingerprint density at radius 2 is 2.55 bits per heavy atom. The minimum Gasteiger partial charge on any atom is -0.343 e. The highest BCUT2D eigenvalue weighted by atomic mass is 32.1. The summed E-state index contributed by atoms with van der Waals surface area (Å²) in [5.41, 5.74) is 0. The summed E-state index contributed by atoms with van der Waals surface area (Å²) in [6.07, 6.45) is 2.62. The predicted octanol–water partition coefficient (Wildman–Crippen LogP) is 1.04. The third-order valence-corrected chi connectivity index (χ3v) is 2.15. The highest BCUT2D eigenvalue weighted by Crippen LogP contribution is 2.12. The van der Waals surface area contributed by atoms with Gasteiger partial charge in [-0.25, -0.2) is 4.98 Å². The van der Waals surface area contributed by atoms with E-state index in [1.54, 1.807) is 29.5 Å². The van der Waals surface area contributed by atoms with E-state index in [-0.39, 0.29) is 0 Å². The lowest BCUT2D eigenvalue weighted by Gasteiger charge is -2.06. The summed E-state index contributed by atoms with van der Waals surface area (Å²) in [6, 6.07) is 0. The minimum atomic E-state index is 0.662. The number of hydrogen-bond donors (Lipinski definition) is 0. The lowest BCUT2D eigenvalue weighted by atomic mass is 10.5. The van der Waals surface area contributed by atoms with Crippen LogP contribution >= 0.6 is 11.3 Å². The van der Waals surface area contributed by atoms with Crippen LogP contribution in [-0.4, -0.2) is 23.3 Å². The van der Waals surface area contributed by atoms with Gasteiger partial charge >= 0.3 is 0 Å². The van der Waals surface area contributed by atoms with Gasteiger partial charge in [0.2, 0.25) is 6.41 Å². The van der Waals surface area contributed by atoms with Crippen LogP contribution in [0, 0.1) is 6.92 Å². The third-order valence-electron chi connectivity index (χ3n) is 1.25. The number of thiazole rings is 1. The SMILES string of the molecule is Cc1ncc(CN(C)C=O)s1. The molecule has 0 unspecified atom stereocenters. The van der Waals surface area contributed by atoms with Crippen molar-refractivity contribution in [1.82, 2.24) is 9.88 Å². The molecular formula is C7H10N2OS. The molecule has 0 aliphatic heterocycles. The zero-order chi connectivity index (χ0) is 8.27. The Balaban J connectivity index is 2.57. The lowest BCUT2D eigenvalue weighted by Crippen LogP contribution is -2.13. The molecule has 1 amide bonds. The van der Waals surface area contributed by atoms with Crippen LogP contribution in [0.15, 0.2) is 6.20 Å². The van der Waals surface area contributed by atoms with Crippen molar-refractivity contribution in [2.24, 2.45) is 0 Å². The number of nitrogens with zero attached hydrogens (tertiary/aromatic N) is 2. The lowest BCUT2D eigenvalue weighted by molar-refractivity contribution is -0.117. The normalized spacial score (nSPS) is 9.64. The van der Waals surface area contributed by atoms with Crippen molar-refractivity contribution in [3.8, 4) is 0 Å². The van der Waals surface area contributed by atoms with Gasteiger partial charge in [-0.15, -0.1) is 11.3 Å². The van der Waals surface area contributed by atoms with Gasteiger partial charge < -0.3 is 4.90 Å². The van der Waals surface area contributed by atoms with Gasteiger partial charge in [0.05, 0.1) is 11.6 Å². The highest BCUT2D eigenvalue weighted by molar-refractivity contribution is 7.11. The van der Waals surface area contributed by atoms with Crippen LogP contribution < -0.4 is 0 Å². The van der Waals surface area contributed by atoms with Crippen LogP contribution in [-0.2, 0) is 11.3 Å². The molecule has 0 N–H and O–H groups in total. The van der Waals surface area contributed by atoms with Crippen molar-refractivity contribution in [2.75, 3.05) is 7.05 Å². The molecule has 0 aliphatic rings. The van der Waals surface area contributed by atoms with Gasteiger partial charge in [0.1, 0.15) is 0 Å². The fraction of sp³-hybridized carbons (Fsp3) is 0.429. The smallest absolute Gasteiger partial charge is 0.209 e. The number of amides is 1. The number of aromatic nitrogens is 1. The number of carbonyl (C=O) groups excluding carboxylic acids is 1. The average Bonchev–Trinajstić information content (AvgIpc) is 2.35. The average molecular weight is 170 g/mol. The van der Waals surface area contributed by atoms with Crippen LogP contribution in [0.5, 0.6) is 0 Å². The molecule has 0 fully saturated rings. The summed E-state index contributed by atoms with van der Waals surface area (Å²) in [4.78, 5) is 17.0. The Morgan fingerprint density at radius 1 is 1.82 bits per heavy atom. The van der Waals surface area contributed by atoms with Crippen molar-refractivity contribution in [1.29, 1.82) is 0 Å². The molecule has 0 spiro atoms. The second-order valence-electron chi connectivity index (χ2n) is 2.37. The van der Waals surface area contributed by atoms with E-state index in [2.05, 4.69) is 4.98 Å². The first-order valence-corrected chi connectivity index (χ1v) is 4.11. The Morgan fingerprint density at radius 3 is 3.00 bits per heavy atom. The maximum Gasteiger partial charge on any atom is 0.209 e. The maximum absolute atomic E-state index is 10.2. The van der Waals surface area contributed by atoms with E-state index in [1.165, 1.54) is 0 Å². The van der Waals surface area contributed by atoms with Crippen LogP contribution in [0.3, 0.4) is 0 Å². The van der Waals surface area contributed by atoms with Gasteiger partial charge in [0.25, 0.3) is 0 Å².